The quantitative estimate of drug-likeness (QED) is 0.0850. The maximum Gasteiger partial charge on any atom is 3.00 e. The summed E-state index contributed by atoms with van der Waals surface area (Å²) in [6.45, 7) is 4.08. The smallest absolute Gasteiger partial charge is 0.518 e. The Kier molecular flexibility index (Phi) is 20.5. The van der Waals surface area contributed by atoms with Gasteiger partial charge in [0.25, 0.3) is 0 Å². The molecule has 0 amide bonds. The van der Waals surface area contributed by atoms with Crippen LogP contribution in [0.15, 0.2) is 306 Å². The number of para-hydroxylation sites is 5. The zero-order valence-corrected chi connectivity index (χ0v) is 74.0. The van der Waals surface area contributed by atoms with Gasteiger partial charge in [0, 0.05) is 65.1 Å². The number of fused-ring (bicyclic) bond motifs is 15. The van der Waals surface area contributed by atoms with Crippen molar-refractivity contribution in [3.63, 3.8) is 0 Å². The van der Waals surface area contributed by atoms with Gasteiger partial charge in [-0.1, -0.05) is 203 Å². The van der Waals surface area contributed by atoms with Gasteiger partial charge in [-0.3, -0.25) is 14.4 Å². The number of anilines is 6. The zero-order chi connectivity index (χ0) is 80.7. The molecule has 0 N–H and O–H groups in total. The molecule has 124 heavy (non-hydrogen) atoms. The molecule has 20 heteroatoms. The summed E-state index contributed by atoms with van der Waals surface area (Å²) in [6.07, 6.45) is 14.5. The Balaban J connectivity index is 0.000000117. The summed E-state index contributed by atoms with van der Waals surface area (Å²) in [7, 11) is 6.11. The van der Waals surface area contributed by atoms with Gasteiger partial charge in [-0.15, -0.1) is 166 Å². The van der Waals surface area contributed by atoms with E-state index in [0.717, 1.165) is 195 Å². The Labute approximate surface area is 761 Å². The molecule has 0 spiro atoms. The minimum atomic E-state index is 0. The first-order valence-corrected chi connectivity index (χ1v) is 40.6. The van der Waals surface area contributed by atoms with Crippen molar-refractivity contribution in [2.75, 3.05) is 9.80 Å². The van der Waals surface area contributed by atoms with E-state index in [2.05, 4.69) is 180 Å². The van der Waals surface area contributed by atoms with E-state index in [1.54, 1.807) is 30.1 Å². The molecule has 0 fully saturated rings. The van der Waals surface area contributed by atoms with E-state index in [4.69, 9.17) is 41.5 Å². The molecule has 1 aliphatic rings. The summed E-state index contributed by atoms with van der Waals surface area (Å²) in [5.41, 5.74) is 26.3. The van der Waals surface area contributed by atoms with Gasteiger partial charge in [0.05, 0.1) is 27.8 Å². The average molecular weight is 2170 g/mol. The molecular weight excluding hydrogens is 2110 g/mol. The van der Waals surface area contributed by atoms with Crippen molar-refractivity contribution in [3.05, 3.63) is 356 Å². The number of thiophene rings is 1. The first-order valence-electron chi connectivity index (χ1n) is 39.7. The summed E-state index contributed by atoms with van der Waals surface area (Å²) in [5.74, 6) is 2.61. The molecule has 13 aromatic heterocycles. The predicted molar refractivity (Wildman–Crippen MR) is 478 cm³/mol. The normalized spacial score (nSPS) is 11.8. The molecule has 24 aromatic rings. The van der Waals surface area contributed by atoms with Crippen molar-refractivity contribution in [2.45, 2.75) is 26.7 Å². The Morgan fingerprint density at radius 1 is 0.484 bits per heavy atom. The van der Waals surface area contributed by atoms with Gasteiger partial charge in [-0.2, -0.15) is 29.0 Å². The van der Waals surface area contributed by atoms with Gasteiger partial charge in [0.15, 0.2) is 11.6 Å². The summed E-state index contributed by atoms with van der Waals surface area (Å²) in [6, 6.07) is 110. The van der Waals surface area contributed by atoms with Crippen LogP contribution < -0.4 is 9.80 Å². The van der Waals surface area contributed by atoms with Crippen LogP contribution in [0.1, 0.15) is 22.4 Å². The molecule has 0 bridgehead atoms. The van der Waals surface area contributed by atoms with Crippen molar-refractivity contribution >= 4 is 156 Å². The Hall–Kier alpha value is -13.4. The number of hydrogen-bond acceptors (Lipinski definition) is 12. The van der Waals surface area contributed by atoms with Crippen LogP contribution in [-0.2, 0) is 101 Å². The summed E-state index contributed by atoms with van der Waals surface area (Å²) >= 11 is 1.70. The van der Waals surface area contributed by atoms with Gasteiger partial charge in [-0.25, -0.2) is 15.0 Å². The number of oxazole rings is 1. The van der Waals surface area contributed by atoms with Crippen LogP contribution in [0.5, 0.6) is 0 Å². The van der Waals surface area contributed by atoms with Crippen LogP contribution in [0.25, 0.3) is 177 Å². The second-order valence-corrected chi connectivity index (χ2v) is 31.2. The van der Waals surface area contributed by atoms with E-state index in [9.17, 15) is 0 Å². The number of nitrogens with zero attached hydrogens (tertiary/aromatic N) is 10. The fourth-order valence-electron chi connectivity index (χ4n) is 17.1. The van der Waals surface area contributed by atoms with E-state index in [0.29, 0.717) is 34.9 Å². The van der Waals surface area contributed by atoms with E-state index >= 15 is 0 Å². The zero-order valence-electron chi connectivity index (χ0n) is 66.7. The van der Waals surface area contributed by atoms with E-state index in [1.165, 1.54) is 16.7 Å². The molecule has 11 aromatic carbocycles. The van der Waals surface area contributed by atoms with Crippen LogP contribution in [0, 0.1) is 68.6 Å². The molecule has 0 saturated carbocycles. The molecule has 0 saturated heterocycles. The first-order chi connectivity index (χ1) is 59.5. The van der Waals surface area contributed by atoms with Crippen molar-refractivity contribution in [1.29, 1.82) is 0 Å². The number of furan rings is 5. The van der Waals surface area contributed by atoms with Gasteiger partial charge in [0.1, 0.15) is 23.0 Å². The molecular formula is C104H65Au3N10O6S. The third kappa shape index (κ3) is 13.5. The molecule has 0 unspecified atom stereocenters. The number of aromatic nitrogens is 8. The minimum Gasteiger partial charge on any atom is -0.518 e. The monoisotopic (exact) mass is 2170 g/mol. The van der Waals surface area contributed by atoms with Crippen LogP contribution in [0.3, 0.4) is 0 Å². The fraction of sp³-hybridized carbons (Fsp3) is 0.0673. The molecule has 0 radical (unpaired) electrons. The van der Waals surface area contributed by atoms with E-state index < -0.39 is 0 Å². The molecule has 0 aliphatic heterocycles. The summed E-state index contributed by atoms with van der Waals surface area (Å²) in [5, 5.41) is 10.1. The number of benzene rings is 11. The molecule has 25 rings (SSSR count). The molecule has 0 atom stereocenters. The molecule has 16 nitrogen and oxygen atoms in total. The third-order valence-corrected chi connectivity index (χ3v) is 23.8. The minimum absolute atomic E-state index is 0. The van der Waals surface area contributed by atoms with Gasteiger partial charge >= 0.3 is 73.2 Å². The number of rotatable bonds is 12. The molecule has 606 valence electrons. The van der Waals surface area contributed by atoms with Crippen LogP contribution >= 0.6 is 11.3 Å². The Morgan fingerprint density at radius 2 is 1.23 bits per heavy atom. The summed E-state index contributed by atoms with van der Waals surface area (Å²) in [4.78, 5) is 19.6. The van der Waals surface area contributed by atoms with Gasteiger partial charge < -0.3 is 44.8 Å². The maximum atomic E-state index is 6.51. The number of hydrogen-bond donors (Lipinski definition) is 0. The topological polar surface area (TPSA) is 149 Å². The van der Waals surface area contributed by atoms with E-state index in [-0.39, 0.29) is 67.1 Å². The van der Waals surface area contributed by atoms with Gasteiger partial charge in [-0.05, 0) is 90.1 Å². The largest absolute Gasteiger partial charge is 3.00 e. The maximum absolute atomic E-state index is 6.51. The van der Waals surface area contributed by atoms with Crippen molar-refractivity contribution in [2.24, 2.45) is 21.1 Å². The summed E-state index contributed by atoms with van der Waals surface area (Å²) < 4.78 is 48.1. The third-order valence-electron chi connectivity index (χ3n) is 22.9. The Morgan fingerprint density at radius 3 is 2.04 bits per heavy atom. The van der Waals surface area contributed by atoms with Gasteiger partial charge in [0.2, 0.25) is 5.95 Å². The standard InChI is InChI=1S/C40H24N3O2.C34H25N4O2.C30H16N3O2S.3Au/c1-42-35-16-8-7-12-29(35)23-36(42)32-15-9-17-38-39(32)41-40(45-38)43(30-13-3-2-4-14-30)31-20-21-37-33(24-31)34(25-44-37)28-19-18-26-10-5-6-11-27(26)22-28;1-21-17-22(2)37(19-21)29-20-39-33-27(29)18-30(40-33)38(25-10-5-4-6-11-25)34-35-32-28(36(34)3)16-15-24-14-13-23-9-7-8-12-26(23)31(24)32;1-32-12-11-19(15-32)24-17-36-26-13-21-20-9-5-6-10-25(20)33(29(21)31-28(24)26)27-14-22-23(16-34-30(22)35-27)18-7-3-2-4-8-18;;;/h2-18,20-22,25H,1H3;4-11,15-17,20H,13-14H2,1-3H3;2-7,9-10,12-13,15-17H,1H3;;;/q3*-3;3*+3. The Bertz CT molecular complexity index is 8170. The first kappa shape index (κ1) is 79.1. The van der Waals surface area contributed by atoms with Crippen LogP contribution in [-0.4, -0.2) is 37.8 Å². The number of aryl methyl sites for hydroxylation is 7. The van der Waals surface area contributed by atoms with Crippen LogP contribution in [0.2, 0.25) is 0 Å². The predicted octanol–water partition coefficient (Wildman–Crippen LogP) is 26.2. The molecule has 13 heterocycles. The SMILES string of the molecule is Cc1[c-]n(-c2coc3oc(N(c4ccccc4)c4nc5c6c(ccc5n4C)CCc4ccc[c-]c4-6)[c-]c23)c(C)c1.Cn1c(-c2cccc3oc(N(c4[c-]c5c(-c6[c-]cc7ccccc7c6)coc5cc4)c4ccccc4)nc23)[c-]c2ccccc21.Cn1c[c-]c(-c2csc3cc4c5ccccc5n(-c5[c-]c6c(-c7[c-]cccc7)coc6o5)c4nc23)c1.[Au+3].[Au+3].[Au+3]. The van der Waals surface area contributed by atoms with E-state index in [1.807, 2.05) is 202 Å². The molecule has 1 aliphatic carbocycles. The van der Waals surface area contributed by atoms with Crippen LogP contribution in [0.4, 0.5) is 34.9 Å². The second-order valence-electron chi connectivity index (χ2n) is 30.3. The number of imidazole rings is 1. The average Bonchev–Trinajstić information content (AvgIpc) is 1.56. The van der Waals surface area contributed by atoms with Crippen molar-refractivity contribution < 1.29 is 93.6 Å². The number of pyridine rings is 1. The van der Waals surface area contributed by atoms with Crippen molar-refractivity contribution in [3.8, 4) is 67.3 Å². The second kappa shape index (κ2) is 32.1. The van der Waals surface area contributed by atoms with Crippen molar-refractivity contribution in [1.82, 2.24) is 37.8 Å². The fourth-order valence-corrected chi connectivity index (χ4v) is 18.0.